The molecule has 3 aromatic rings. The second-order valence-electron chi connectivity index (χ2n) is 5.33. The molecule has 0 saturated carbocycles. The molecule has 0 atom stereocenters. The lowest BCUT2D eigenvalue weighted by molar-refractivity contribution is 0.720. The largest absolute Gasteiger partial charge is 0.330 e. The summed E-state index contributed by atoms with van der Waals surface area (Å²) in [6, 6.07) is 18.7. The van der Waals surface area contributed by atoms with Crippen molar-refractivity contribution in [1.82, 2.24) is 4.57 Å². The molecule has 3 heteroatoms. The van der Waals surface area contributed by atoms with Gasteiger partial charge in [0.05, 0.1) is 11.1 Å². The van der Waals surface area contributed by atoms with E-state index in [0.717, 1.165) is 30.3 Å². The van der Waals surface area contributed by atoms with E-state index in [9.17, 15) is 5.26 Å². The Morgan fingerprint density at radius 1 is 1.09 bits per heavy atom. The van der Waals surface area contributed by atoms with Crippen molar-refractivity contribution in [2.24, 2.45) is 0 Å². The molecule has 0 N–H and O–H groups in total. The van der Waals surface area contributed by atoms with Crippen LogP contribution in [0.1, 0.15) is 23.6 Å². The molecule has 0 aliphatic rings. The van der Waals surface area contributed by atoms with E-state index < -0.39 is 0 Å². The van der Waals surface area contributed by atoms with Crippen molar-refractivity contribution < 1.29 is 0 Å². The fourth-order valence-electron chi connectivity index (χ4n) is 2.94. The molecule has 2 aromatic carbocycles. The Kier molecular flexibility index (Phi) is 4.18. The number of benzene rings is 2. The zero-order valence-corrected chi connectivity index (χ0v) is 13.3. The van der Waals surface area contributed by atoms with Crippen LogP contribution in [0.2, 0.25) is 5.15 Å². The lowest BCUT2D eigenvalue weighted by Gasteiger charge is -2.10. The fraction of sp³-hybridized carbons (Fsp3) is 0.211. The Morgan fingerprint density at radius 3 is 2.55 bits per heavy atom. The van der Waals surface area contributed by atoms with Crippen molar-refractivity contribution in [3.63, 3.8) is 0 Å². The van der Waals surface area contributed by atoms with E-state index >= 15 is 0 Å². The van der Waals surface area contributed by atoms with Gasteiger partial charge in [0.2, 0.25) is 0 Å². The van der Waals surface area contributed by atoms with E-state index in [1.54, 1.807) is 0 Å². The number of aryl methyl sites for hydroxylation is 3. The van der Waals surface area contributed by atoms with Gasteiger partial charge in [-0.15, -0.1) is 0 Å². The van der Waals surface area contributed by atoms with Crippen LogP contribution >= 0.6 is 11.6 Å². The van der Waals surface area contributed by atoms with Gasteiger partial charge < -0.3 is 4.57 Å². The van der Waals surface area contributed by atoms with Gasteiger partial charge in [0.25, 0.3) is 0 Å². The maximum absolute atomic E-state index is 9.43. The van der Waals surface area contributed by atoms with E-state index in [-0.39, 0.29) is 0 Å². The van der Waals surface area contributed by atoms with Crippen LogP contribution in [0.4, 0.5) is 0 Å². The molecule has 0 aliphatic heterocycles. The van der Waals surface area contributed by atoms with Crippen LogP contribution in [0.15, 0.2) is 48.5 Å². The molecule has 22 heavy (non-hydrogen) atoms. The van der Waals surface area contributed by atoms with E-state index in [4.69, 9.17) is 11.6 Å². The van der Waals surface area contributed by atoms with Crippen molar-refractivity contribution in [3.8, 4) is 6.07 Å². The monoisotopic (exact) mass is 308 g/mol. The van der Waals surface area contributed by atoms with Gasteiger partial charge in [-0.05, 0) is 24.0 Å². The summed E-state index contributed by atoms with van der Waals surface area (Å²) < 4.78 is 2.08. The van der Waals surface area contributed by atoms with Crippen LogP contribution in [0.25, 0.3) is 10.9 Å². The molecule has 0 bridgehead atoms. The first-order valence-electron chi connectivity index (χ1n) is 7.49. The highest BCUT2D eigenvalue weighted by Crippen LogP contribution is 2.32. The molecular formula is C19H17ClN2. The minimum absolute atomic E-state index is 0.550. The minimum atomic E-state index is 0.550. The Labute approximate surface area is 135 Å². The number of halogens is 1. The molecule has 0 radical (unpaired) electrons. The highest BCUT2D eigenvalue weighted by Gasteiger charge is 2.17. The molecule has 3 rings (SSSR count). The Morgan fingerprint density at radius 2 is 1.86 bits per heavy atom. The van der Waals surface area contributed by atoms with Crippen LogP contribution < -0.4 is 0 Å². The second kappa shape index (κ2) is 6.25. The third-order valence-corrected chi connectivity index (χ3v) is 4.45. The standard InChI is InChI=1S/C19H17ClN2/c1-2-15-9-6-10-16-17(13-21)19(20)22(18(15)16)12-11-14-7-4-3-5-8-14/h3-10H,2,11-12H2,1H3. The first kappa shape index (κ1) is 14.7. The molecule has 0 aliphatic carbocycles. The van der Waals surface area contributed by atoms with Gasteiger partial charge >= 0.3 is 0 Å². The van der Waals surface area contributed by atoms with Crippen molar-refractivity contribution in [3.05, 3.63) is 70.4 Å². The number of para-hydroxylation sites is 1. The number of hydrogen-bond donors (Lipinski definition) is 0. The van der Waals surface area contributed by atoms with Crippen LogP contribution in [0.3, 0.4) is 0 Å². The highest BCUT2D eigenvalue weighted by molar-refractivity contribution is 6.32. The predicted octanol–water partition coefficient (Wildman–Crippen LogP) is 4.97. The predicted molar refractivity (Wildman–Crippen MR) is 91.2 cm³/mol. The normalized spacial score (nSPS) is 10.8. The van der Waals surface area contributed by atoms with Crippen molar-refractivity contribution in [2.45, 2.75) is 26.3 Å². The zero-order valence-electron chi connectivity index (χ0n) is 12.5. The Bertz CT molecular complexity index is 841. The van der Waals surface area contributed by atoms with E-state index in [0.29, 0.717) is 10.7 Å². The zero-order chi connectivity index (χ0) is 15.5. The molecule has 1 aromatic heterocycles. The fourth-order valence-corrected chi connectivity index (χ4v) is 3.26. The quantitative estimate of drug-likeness (QED) is 0.669. The first-order valence-corrected chi connectivity index (χ1v) is 7.87. The third kappa shape index (κ3) is 2.49. The number of rotatable bonds is 4. The lowest BCUT2D eigenvalue weighted by atomic mass is 10.1. The summed E-state index contributed by atoms with van der Waals surface area (Å²) in [5.41, 5.74) is 4.18. The first-order chi connectivity index (χ1) is 10.8. The molecule has 0 saturated heterocycles. The summed E-state index contributed by atoms with van der Waals surface area (Å²) in [7, 11) is 0. The number of aromatic nitrogens is 1. The average molecular weight is 309 g/mol. The molecular weight excluding hydrogens is 292 g/mol. The molecule has 2 nitrogen and oxygen atoms in total. The third-order valence-electron chi connectivity index (χ3n) is 4.06. The van der Waals surface area contributed by atoms with Crippen molar-refractivity contribution >= 4 is 22.5 Å². The maximum atomic E-state index is 9.43. The summed E-state index contributed by atoms with van der Waals surface area (Å²) in [5, 5.41) is 10.9. The number of nitrogens with zero attached hydrogens (tertiary/aromatic N) is 2. The van der Waals surface area contributed by atoms with E-state index in [1.807, 2.05) is 30.3 Å². The number of fused-ring (bicyclic) bond motifs is 1. The summed E-state index contributed by atoms with van der Waals surface area (Å²) in [6.45, 7) is 2.90. The van der Waals surface area contributed by atoms with Gasteiger partial charge in [-0.1, -0.05) is 67.1 Å². The van der Waals surface area contributed by atoms with Crippen LogP contribution in [-0.2, 0) is 19.4 Å². The van der Waals surface area contributed by atoms with E-state index in [2.05, 4.69) is 35.8 Å². The SMILES string of the molecule is CCc1cccc2c(C#N)c(Cl)n(CCc3ccccc3)c12. The van der Waals surface area contributed by atoms with Gasteiger partial charge in [-0.3, -0.25) is 0 Å². The van der Waals surface area contributed by atoms with Crippen molar-refractivity contribution in [1.29, 1.82) is 5.26 Å². The summed E-state index contributed by atoms with van der Waals surface area (Å²) >= 11 is 6.49. The molecule has 0 unspecified atom stereocenters. The molecule has 1 heterocycles. The Hall–Kier alpha value is -2.24. The lowest BCUT2D eigenvalue weighted by Crippen LogP contribution is -2.03. The van der Waals surface area contributed by atoms with Gasteiger partial charge in [0.15, 0.2) is 0 Å². The van der Waals surface area contributed by atoms with Gasteiger partial charge in [-0.25, -0.2) is 0 Å². The second-order valence-corrected chi connectivity index (χ2v) is 5.69. The van der Waals surface area contributed by atoms with E-state index in [1.165, 1.54) is 11.1 Å². The van der Waals surface area contributed by atoms with Gasteiger partial charge in [-0.2, -0.15) is 5.26 Å². The van der Waals surface area contributed by atoms with Gasteiger partial charge in [0.1, 0.15) is 11.2 Å². The smallest absolute Gasteiger partial charge is 0.128 e. The van der Waals surface area contributed by atoms with Crippen LogP contribution in [0, 0.1) is 11.3 Å². The minimum Gasteiger partial charge on any atom is -0.330 e. The maximum Gasteiger partial charge on any atom is 0.128 e. The number of hydrogen-bond acceptors (Lipinski definition) is 1. The van der Waals surface area contributed by atoms with Gasteiger partial charge in [0, 0.05) is 11.9 Å². The summed E-state index contributed by atoms with van der Waals surface area (Å²) in [6.07, 6.45) is 1.82. The average Bonchev–Trinajstić information content (AvgIpc) is 2.84. The Balaban J connectivity index is 2.08. The highest BCUT2D eigenvalue weighted by atomic mass is 35.5. The molecule has 0 fully saturated rings. The summed E-state index contributed by atoms with van der Waals surface area (Å²) in [5.74, 6) is 0. The molecule has 0 spiro atoms. The molecule has 110 valence electrons. The number of nitriles is 1. The van der Waals surface area contributed by atoms with Crippen molar-refractivity contribution in [2.75, 3.05) is 0 Å². The topological polar surface area (TPSA) is 28.7 Å². The van der Waals surface area contributed by atoms with Crippen LogP contribution in [0.5, 0.6) is 0 Å². The van der Waals surface area contributed by atoms with Crippen LogP contribution in [-0.4, -0.2) is 4.57 Å². The molecule has 0 amide bonds. The summed E-state index contributed by atoms with van der Waals surface area (Å²) in [4.78, 5) is 0.